The predicted octanol–water partition coefficient (Wildman–Crippen LogP) is 6.55. The Morgan fingerprint density at radius 2 is 1.84 bits per heavy atom. The molecule has 1 saturated heterocycles. The fourth-order valence-electron chi connectivity index (χ4n) is 9.23. The third kappa shape index (κ3) is 8.03. The van der Waals surface area contributed by atoms with Gasteiger partial charge in [-0.2, -0.15) is 0 Å². The number of rotatable bonds is 16. The van der Waals surface area contributed by atoms with Crippen molar-refractivity contribution in [2.45, 2.75) is 94.8 Å². The average Bonchev–Trinajstić information content (AvgIpc) is 3.68. The van der Waals surface area contributed by atoms with Crippen molar-refractivity contribution >= 4 is 11.8 Å². The number of allylic oxidation sites excluding steroid dienone is 1. The number of fused-ring (bicyclic) bond motifs is 3. The van der Waals surface area contributed by atoms with E-state index in [-0.39, 0.29) is 63.1 Å². The number of nitrogens with zero attached hydrogens (tertiary/aromatic N) is 2. The predicted molar refractivity (Wildman–Crippen MR) is 202 cm³/mol. The number of carbonyl (C=O) groups is 1. The van der Waals surface area contributed by atoms with E-state index in [2.05, 4.69) is 12.7 Å². The van der Waals surface area contributed by atoms with Crippen LogP contribution >= 0.6 is 0 Å². The minimum atomic E-state index is -1.47. The van der Waals surface area contributed by atoms with Gasteiger partial charge in [-0.25, -0.2) is 4.79 Å². The number of phenolic OH excluding ortho intramolecular Hbond substituents is 1. The van der Waals surface area contributed by atoms with Gasteiger partial charge in [-0.05, 0) is 91.8 Å². The van der Waals surface area contributed by atoms with Gasteiger partial charge in [-0.1, -0.05) is 36.2 Å². The van der Waals surface area contributed by atoms with Crippen LogP contribution in [0.1, 0.15) is 81.3 Å². The van der Waals surface area contributed by atoms with Gasteiger partial charge in [-0.15, -0.1) is 6.58 Å². The monoisotopic (exact) mass is 762 g/mol. The molecule has 0 radical (unpaired) electrons. The van der Waals surface area contributed by atoms with Crippen molar-refractivity contribution in [3.63, 3.8) is 0 Å². The molecular formula is C42H54N2O11. The number of aliphatic hydroxyl groups is 2. The minimum absolute atomic E-state index is 0.0261. The van der Waals surface area contributed by atoms with Gasteiger partial charge < -0.3 is 48.6 Å². The molecule has 2 aromatic rings. The normalized spacial score (nSPS) is 28.3. The highest BCUT2D eigenvalue weighted by Gasteiger charge is 2.65. The van der Waals surface area contributed by atoms with Crippen LogP contribution in [0, 0.1) is 17.8 Å². The Morgan fingerprint density at radius 1 is 1.04 bits per heavy atom. The molecule has 0 spiro atoms. The number of methoxy groups -OCH3 is 1. The molecule has 3 N–H and O–H groups in total. The van der Waals surface area contributed by atoms with Crippen LogP contribution in [-0.2, 0) is 25.6 Å². The summed E-state index contributed by atoms with van der Waals surface area (Å²) in [5.41, 5.74) is 3.18. The van der Waals surface area contributed by atoms with Crippen LogP contribution in [0.3, 0.4) is 0 Å². The lowest BCUT2D eigenvalue weighted by molar-refractivity contribution is -0.256. The second-order valence-electron chi connectivity index (χ2n) is 15.0. The smallest absolute Gasteiger partial charge is 0.410 e. The maximum atomic E-state index is 14.2. The molecule has 13 nitrogen and oxygen atoms in total. The van der Waals surface area contributed by atoms with Crippen molar-refractivity contribution in [3.8, 4) is 23.0 Å². The summed E-state index contributed by atoms with van der Waals surface area (Å²) in [5.74, 6) is -0.282. The molecular weight excluding hydrogens is 708 g/mol. The zero-order valence-electron chi connectivity index (χ0n) is 31.6. The lowest BCUT2D eigenvalue weighted by Gasteiger charge is -2.59. The van der Waals surface area contributed by atoms with Gasteiger partial charge in [0.2, 0.25) is 18.9 Å². The number of aromatic hydroxyl groups is 1. The first kappa shape index (κ1) is 39.0. The van der Waals surface area contributed by atoms with E-state index in [4.69, 9.17) is 38.4 Å². The molecule has 0 bridgehead atoms. The number of phenols is 1. The van der Waals surface area contributed by atoms with Gasteiger partial charge >= 0.3 is 6.09 Å². The molecule has 2 aromatic carbocycles. The first-order chi connectivity index (χ1) is 26.9. The Morgan fingerprint density at radius 3 is 2.60 bits per heavy atom. The van der Waals surface area contributed by atoms with Crippen LogP contribution in [0.25, 0.3) is 0 Å². The van der Waals surface area contributed by atoms with Gasteiger partial charge in [0, 0.05) is 44.1 Å². The molecule has 298 valence electrons. The Kier molecular flexibility index (Phi) is 12.5. The van der Waals surface area contributed by atoms with Gasteiger partial charge in [0.1, 0.15) is 17.5 Å². The highest BCUT2D eigenvalue weighted by Crippen LogP contribution is 2.62. The fraction of sp³-hybridized carbons (Fsp3) is 0.571. The van der Waals surface area contributed by atoms with E-state index in [1.54, 1.807) is 29.2 Å². The summed E-state index contributed by atoms with van der Waals surface area (Å²) in [5, 5.41) is 35.4. The molecule has 7 unspecified atom stereocenters. The summed E-state index contributed by atoms with van der Waals surface area (Å²) < 4.78 is 36.8. The number of amides is 1. The zero-order valence-corrected chi connectivity index (χ0v) is 31.6. The van der Waals surface area contributed by atoms with Gasteiger partial charge in [-0.3, -0.25) is 4.90 Å². The third-order valence-corrected chi connectivity index (χ3v) is 11.7. The van der Waals surface area contributed by atoms with E-state index in [1.165, 1.54) is 7.11 Å². The molecule has 3 heterocycles. The van der Waals surface area contributed by atoms with Gasteiger partial charge in [0.15, 0.2) is 11.5 Å². The van der Waals surface area contributed by atoms with Gasteiger partial charge in [0.25, 0.3) is 0 Å². The molecule has 7 rings (SSSR count). The molecule has 1 saturated carbocycles. The first-order valence-corrected chi connectivity index (χ1v) is 19.7. The number of benzene rings is 2. The Balaban J connectivity index is 1.42. The van der Waals surface area contributed by atoms with Crippen molar-refractivity contribution in [1.82, 2.24) is 4.90 Å². The van der Waals surface area contributed by atoms with E-state index < -0.39 is 30.1 Å². The highest BCUT2D eigenvalue weighted by molar-refractivity contribution is 6.03. The molecule has 5 aliphatic rings. The van der Waals surface area contributed by atoms with Crippen molar-refractivity contribution in [3.05, 3.63) is 71.8 Å². The zero-order chi connectivity index (χ0) is 38.4. The van der Waals surface area contributed by atoms with Crippen molar-refractivity contribution in [2.24, 2.45) is 22.9 Å². The largest absolute Gasteiger partial charge is 0.508 e. The molecule has 13 heteroatoms. The van der Waals surface area contributed by atoms with Crippen LogP contribution in [0.5, 0.6) is 23.0 Å². The van der Waals surface area contributed by atoms with Crippen LogP contribution in [-0.4, -0.2) is 90.5 Å². The van der Waals surface area contributed by atoms with E-state index in [0.29, 0.717) is 48.8 Å². The number of unbranched alkanes of at least 4 members (excludes halogenated alkanes) is 2. The molecule has 0 aromatic heterocycles. The quantitative estimate of drug-likeness (QED) is 0.0968. The standard InChI is InChI=1S/C42H54N2O11/c1-3-19-53-42-37(44(41(48)49-2)25-27-13-15-35-36(21-27)52-26-51-35)24-33(43-55-38-12-6-9-20-50-38)31-22-28(10-4-7-17-45)30(11-5-8-18-46)39(40(31)42)32-23-29(47)14-16-34(32)54-42/h3,13-16,21-23,28,30,37-40,45-47H,1,4-12,17-20,24-26H2,2H3. The Bertz CT molecular complexity index is 1720. The lowest BCUT2D eigenvalue weighted by atomic mass is 9.55. The van der Waals surface area contributed by atoms with Crippen molar-refractivity contribution in [1.29, 1.82) is 0 Å². The SMILES string of the molecule is C=CCOC12Oc3ccc(O)cc3C3C(CCCCO)C(CCCCO)C=C(C(=NOC4CCCCO4)CC1N(Cc1ccc4c(c1)OCO4)C(=O)OC)C32. The van der Waals surface area contributed by atoms with Gasteiger partial charge in [0.05, 0.1) is 32.0 Å². The number of oxime groups is 1. The summed E-state index contributed by atoms with van der Waals surface area (Å²) in [6, 6.07) is 9.94. The van der Waals surface area contributed by atoms with Crippen LogP contribution < -0.4 is 14.2 Å². The Labute approximate surface area is 322 Å². The van der Waals surface area contributed by atoms with E-state index >= 15 is 0 Å². The van der Waals surface area contributed by atoms with E-state index in [9.17, 15) is 20.1 Å². The van der Waals surface area contributed by atoms with E-state index in [0.717, 1.165) is 55.2 Å². The topological polar surface area (TPSA) is 158 Å². The maximum Gasteiger partial charge on any atom is 0.410 e. The van der Waals surface area contributed by atoms with E-state index in [1.807, 2.05) is 18.2 Å². The second kappa shape index (κ2) is 17.7. The van der Waals surface area contributed by atoms with Crippen LogP contribution in [0.15, 0.2) is 65.9 Å². The summed E-state index contributed by atoms with van der Waals surface area (Å²) in [6.07, 6.45) is 10.2. The molecule has 7 atom stereocenters. The van der Waals surface area contributed by atoms with Crippen molar-refractivity contribution in [2.75, 3.05) is 40.3 Å². The number of aliphatic hydroxyl groups excluding tert-OH is 2. The summed E-state index contributed by atoms with van der Waals surface area (Å²) in [6.45, 7) is 5.12. The minimum Gasteiger partial charge on any atom is -0.508 e. The summed E-state index contributed by atoms with van der Waals surface area (Å²) in [7, 11) is 1.36. The highest BCUT2D eigenvalue weighted by atomic mass is 16.8. The van der Waals surface area contributed by atoms with Crippen LogP contribution in [0.2, 0.25) is 0 Å². The third-order valence-electron chi connectivity index (χ3n) is 11.7. The average molecular weight is 763 g/mol. The molecule has 2 fully saturated rings. The molecule has 3 aliphatic heterocycles. The first-order valence-electron chi connectivity index (χ1n) is 19.7. The fourth-order valence-corrected chi connectivity index (χ4v) is 9.23. The van der Waals surface area contributed by atoms with Crippen LogP contribution in [0.4, 0.5) is 4.79 Å². The second-order valence-corrected chi connectivity index (χ2v) is 15.0. The summed E-state index contributed by atoms with van der Waals surface area (Å²) in [4.78, 5) is 22.0. The Hall–Kier alpha value is -4.30. The number of carbonyl (C=O) groups excluding carboxylic acids is 1. The summed E-state index contributed by atoms with van der Waals surface area (Å²) >= 11 is 0. The number of hydrogen-bond acceptors (Lipinski definition) is 12. The molecule has 2 aliphatic carbocycles. The van der Waals surface area contributed by atoms with Crippen molar-refractivity contribution < 1.29 is 53.4 Å². The molecule has 55 heavy (non-hydrogen) atoms. The lowest BCUT2D eigenvalue weighted by Crippen LogP contribution is -2.70. The molecule has 1 amide bonds. The number of ether oxygens (including phenoxy) is 6. The number of hydrogen-bond donors (Lipinski definition) is 3. The maximum absolute atomic E-state index is 14.2.